The zero-order valence-corrected chi connectivity index (χ0v) is 20.7. The fraction of sp³-hybridized carbons (Fsp3) is 0.696. The van der Waals surface area contributed by atoms with E-state index in [2.05, 4.69) is 21.9 Å². The fourth-order valence-corrected chi connectivity index (χ4v) is 4.89. The smallest absolute Gasteiger partial charge is 0.253 e. The highest BCUT2D eigenvalue weighted by molar-refractivity contribution is 7.92. The highest BCUT2D eigenvalue weighted by atomic mass is 32.2. The zero-order valence-electron chi connectivity index (χ0n) is 19.9. The average Bonchev–Trinajstić information content (AvgIpc) is 2.76. The van der Waals surface area contributed by atoms with Gasteiger partial charge >= 0.3 is 0 Å². The Morgan fingerprint density at radius 2 is 1.78 bits per heavy atom. The number of hydrogen-bond donors (Lipinski definition) is 2. The summed E-state index contributed by atoms with van der Waals surface area (Å²) in [5.41, 5.74) is 1.62. The molecule has 0 spiro atoms. The van der Waals surface area contributed by atoms with E-state index in [0.29, 0.717) is 24.2 Å². The quantitative estimate of drug-likeness (QED) is 0.408. The summed E-state index contributed by atoms with van der Waals surface area (Å²) in [4.78, 5) is 17.0. The maximum Gasteiger partial charge on any atom is 0.253 e. The Hall–Kier alpha value is -1.84. The number of morpholine rings is 1. The van der Waals surface area contributed by atoms with E-state index in [-0.39, 0.29) is 11.7 Å². The van der Waals surface area contributed by atoms with Crippen molar-refractivity contribution in [3.8, 4) is 0 Å². The van der Waals surface area contributed by atoms with Crippen LogP contribution in [0.5, 0.6) is 0 Å². The molecule has 182 valence electrons. The lowest BCUT2D eigenvalue weighted by molar-refractivity contribution is 0.0383. The van der Waals surface area contributed by atoms with Crippen molar-refractivity contribution in [1.82, 2.24) is 10.2 Å². The maximum atomic E-state index is 12.9. The summed E-state index contributed by atoms with van der Waals surface area (Å²) in [5, 5.41) is 2.96. The van der Waals surface area contributed by atoms with E-state index in [0.717, 1.165) is 57.8 Å². The van der Waals surface area contributed by atoms with Crippen LogP contribution in [-0.2, 0) is 14.8 Å². The minimum absolute atomic E-state index is 0.0929. The van der Waals surface area contributed by atoms with Gasteiger partial charge in [0, 0.05) is 51.6 Å². The normalized spacial score (nSPS) is 14.8. The molecule has 2 N–H and O–H groups in total. The van der Waals surface area contributed by atoms with Crippen molar-refractivity contribution >= 4 is 27.3 Å². The summed E-state index contributed by atoms with van der Waals surface area (Å²) in [6.07, 6.45) is 6.14. The Kier molecular flexibility index (Phi) is 11.3. The number of benzene rings is 1. The van der Waals surface area contributed by atoms with Crippen LogP contribution in [0.25, 0.3) is 0 Å². The standard InChI is InChI=1S/C23H40N4O4S/c1-4-5-6-7-8-9-18-32(29,30)25-20-10-11-22(26(2)3)21(19-20)23(28)24-12-13-27-14-16-31-17-15-27/h10-11,19,25H,4-9,12-18H2,1-3H3,(H,24,28). The molecule has 0 atom stereocenters. The second-order valence-corrected chi connectivity index (χ2v) is 10.4. The van der Waals surface area contributed by atoms with Crippen LogP contribution in [0.3, 0.4) is 0 Å². The lowest BCUT2D eigenvalue weighted by Crippen LogP contribution is -2.41. The first-order valence-electron chi connectivity index (χ1n) is 11.7. The summed E-state index contributed by atoms with van der Waals surface area (Å²) in [7, 11) is 0.278. The molecule has 0 bridgehead atoms. The van der Waals surface area contributed by atoms with Gasteiger partial charge in [-0.05, 0) is 24.6 Å². The van der Waals surface area contributed by atoms with E-state index < -0.39 is 10.0 Å². The second-order valence-electron chi connectivity index (χ2n) is 8.52. The van der Waals surface area contributed by atoms with E-state index in [1.807, 2.05) is 19.0 Å². The van der Waals surface area contributed by atoms with Gasteiger partial charge in [0.05, 0.1) is 24.5 Å². The minimum atomic E-state index is -3.45. The number of amides is 1. The number of nitrogens with one attached hydrogen (secondary N) is 2. The molecule has 0 radical (unpaired) electrons. The van der Waals surface area contributed by atoms with Crippen LogP contribution >= 0.6 is 0 Å². The SMILES string of the molecule is CCCCCCCCS(=O)(=O)Nc1ccc(N(C)C)c(C(=O)NCCN2CCOCC2)c1. The van der Waals surface area contributed by atoms with E-state index in [4.69, 9.17) is 4.74 Å². The number of anilines is 2. The van der Waals surface area contributed by atoms with Crippen LogP contribution in [0.2, 0.25) is 0 Å². The van der Waals surface area contributed by atoms with Crippen LogP contribution in [0.4, 0.5) is 11.4 Å². The van der Waals surface area contributed by atoms with Gasteiger partial charge in [-0.1, -0.05) is 39.0 Å². The lowest BCUT2D eigenvalue weighted by atomic mass is 10.1. The molecule has 1 aliphatic heterocycles. The third-order valence-corrected chi connectivity index (χ3v) is 6.95. The molecule has 0 aromatic heterocycles. The first-order valence-corrected chi connectivity index (χ1v) is 13.4. The summed E-state index contributed by atoms with van der Waals surface area (Å²) in [6.45, 7) is 6.63. The fourth-order valence-electron chi connectivity index (χ4n) is 3.72. The predicted octanol–water partition coefficient (Wildman–Crippen LogP) is 2.92. The van der Waals surface area contributed by atoms with Crippen LogP contribution in [0.1, 0.15) is 55.8 Å². The van der Waals surface area contributed by atoms with Gasteiger partial charge in [0.25, 0.3) is 5.91 Å². The van der Waals surface area contributed by atoms with Crippen LogP contribution in [0.15, 0.2) is 18.2 Å². The molecule has 1 aliphatic rings. The van der Waals surface area contributed by atoms with E-state index in [9.17, 15) is 13.2 Å². The number of carbonyl (C=O) groups is 1. The van der Waals surface area contributed by atoms with Gasteiger partial charge in [0.2, 0.25) is 10.0 Å². The van der Waals surface area contributed by atoms with Crippen molar-refractivity contribution in [3.05, 3.63) is 23.8 Å². The monoisotopic (exact) mass is 468 g/mol. The molecule has 0 saturated carbocycles. The van der Waals surface area contributed by atoms with E-state index >= 15 is 0 Å². The van der Waals surface area contributed by atoms with Gasteiger partial charge < -0.3 is 15.0 Å². The van der Waals surface area contributed by atoms with Crippen LogP contribution < -0.4 is 14.9 Å². The molecule has 1 saturated heterocycles. The molecule has 32 heavy (non-hydrogen) atoms. The minimum Gasteiger partial charge on any atom is -0.379 e. The number of rotatable bonds is 14. The largest absolute Gasteiger partial charge is 0.379 e. The average molecular weight is 469 g/mol. The first kappa shape index (κ1) is 26.4. The van der Waals surface area contributed by atoms with Gasteiger partial charge in [0.1, 0.15) is 0 Å². The van der Waals surface area contributed by atoms with Gasteiger partial charge in [-0.15, -0.1) is 0 Å². The molecule has 8 nitrogen and oxygen atoms in total. The van der Waals surface area contributed by atoms with E-state index in [1.54, 1.807) is 18.2 Å². The Bertz CT molecular complexity index is 808. The third kappa shape index (κ3) is 9.34. The van der Waals surface area contributed by atoms with Crippen LogP contribution in [0, 0.1) is 0 Å². The van der Waals surface area contributed by atoms with Gasteiger partial charge in [-0.3, -0.25) is 14.4 Å². The highest BCUT2D eigenvalue weighted by Gasteiger charge is 2.17. The molecule has 2 rings (SSSR count). The van der Waals surface area contributed by atoms with Crippen molar-refractivity contribution in [2.75, 3.05) is 68.9 Å². The molecule has 1 amide bonds. The molecule has 1 fully saturated rings. The molecule has 0 unspecified atom stereocenters. The van der Waals surface area contributed by atoms with Gasteiger partial charge in [-0.25, -0.2) is 8.42 Å². The topological polar surface area (TPSA) is 91.0 Å². The van der Waals surface area contributed by atoms with Gasteiger partial charge in [0.15, 0.2) is 0 Å². The lowest BCUT2D eigenvalue weighted by Gasteiger charge is -2.26. The number of carbonyl (C=O) groups excluding carboxylic acids is 1. The summed E-state index contributed by atoms with van der Waals surface area (Å²) in [5.74, 6) is -0.116. The number of sulfonamides is 1. The summed E-state index contributed by atoms with van der Waals surface area (Å²) < 4.78 is 33.0. The second kappa shape index (κ2) is 13.6. The van der Waals surface area contributed by atoms with Crippen molar-refractivity contribution in [2.24, 2.45) is 0 Å². The number of ether oxygens (including phenoxy) is 1. The molecule has 0 aliphatic carbocycles. The third-order valence-electron chi connectivity index (χ3n) is 5.58. The molecular weight excluding hydrogens is 428 g/mol. The van der Waals surface area contributed by atoms with Gasteiger partial charge in [-0.2, -0.15) is 0 Å². The maximum absolute atomic E-state index is 12.9. The number of nitrogens with zero attached hydrogens (tertiary/aromatic N) is 2. The van der Waals surface area contributed by atoms with Crippen molar-refractivity contribution in [2.45, 2.75) is 45.4 Å². The molecule has 1 aromatic rings. The molecule has 1 aromatic carbocycles. The van der Waals surface area contributed by atoms with Crippen molar-refractivity contribution < 1.29 is 17.9 Å². The summed E-state index contributed by atoms with van der Waals surface area (Å²) >= 11 is 0. The molecular formula is C23H40N4O4S. The molecule has 9 heteroatoms. The van der Waals surface area contributed by atoms with E-state index in [1.165, 1.54) is 12.8 Å². The number of hydrogen-bond acceptors (Lipinski definition) is 6. The highest BCUT2D eigenvalue weighted by Crippen LogP contribution is 2.24. The predicted molar refractivity (Wildman–Crippen MR) is 131 cm³/mol. The Balaban J connectivity index is 1.94. The summed E-state index contributed by atoms with van der Waals surface area (Å²) in [6, 6.07) is 5.11. The Morgan fingerprint density at radius 1 is 1.09 bits per heavy atom. The Morgan fingerprint density at radius 3 is 2.47 bits per heavy atom. The van der Waals surface area contributed by atoms with Crippen molar-refractivity contribution in [3.63, 3.8) is 0 Å². The Labute approximate surface area is 193 Å². The van der Waals surface area contributed by atoms with Crippen LogP contribution in [-0.4, -0.2) is 78.5 Å². The zero-order chi connectivity index (χ0) is 23.4. The number of unbranched alkanes of at least 4 members (excludes halogenated alkanes) is 5. The van der Waals surface area contributed by atoms with Crippen molar-refractivity contribution in [1.29, 1.82) is 0 Å². The first-order chi connectivity index (χ1) is 15.3. The molecule has 1 heterocycles.